The van der Waals surface area contributed by atoms with E-state index in [1.165, 1.54) is 0 Å². The Balaban J connectivity index is 1.90. The number of aliphatic hydroxyl groups is 1. The first-order valence-electron chi connectivity index (χ1n) is 33.4. The number of hydrogen-bond donors (Lipinski definition) is 20. The minimum atomic E-state index is -2.13. The van der Waals surface area contributed by atoms with Crippen molar-refractivity contribution >= 4 is 119 Å². The number of aliphatic hydroxyl groups excluding tert-OH is 1. The van der Waals surface area contributed by atoms with Crippen LogP contribution >= 0.6 is 0 Å². The van der Waals surface area contributed by atoms with E-state index < -0.39 is 281 Å². The Kier molecular flexibility index (Phi) is 36.4. The molecule has 580 valence electrons. The largest absolute Gasteiger partial charge is 0.481 e. The van der Waals surface area contributed by atoms with E-state index in [9.17, 15) is 137 Å². The number of carbonyl (C=O) groups is 20. The Bertz CT molecular complexity index is 3190. The Morgan fingerprint density at radius 1 is 0.356 bits per heavy atom. The van der Waals surface area contributed by atoms with E-state index in [1.54, 1.807) is 0 Å². The highest BCUT2D eigenvalue weighted by Crippen LogP contribution is 2.24. The maximum absolute atomic E-state index is 14.6. The number of carboxylic acids is 8. The molecule has 3 saturated heterocycles. The molecule has 0 aromatic carbocycles. The lowest BCUT2D eigenvalue weighted by Gasteiger charge is -2.32. The number of nitrogens with one attached hydrogen (secondary N) is 9. The highest BCUT2D eigenvalue weighted by molar-refractivity contribution is 6.01. The second-order valence-electron chi connectivity index (χ2n) is 24.9. The Morgan fingerprint density at radius 3 is 0.990 bits per heavy atom. The van der Waals surface area contributed by atoms with Gasteiger partial charge < -0.3 is 120 Å². The lowest BCUT2D eigenvalue weighted by Crippen LogP contribution is -2.61. The van der Waals surface area contributed by atoms with Crippen molar-refractivity contribution in [3.8, 4) is 0 Å². The number of rotatable bonds is 47. The lowest BCUT2D eigenvalue weighted by atomic mass is 10.0. The molecular formula is C61H92N14O29. The molecule has 12 amide bonds. The van der Waals surface area contributed by atoms with Crippen molar-refractivity contribution in [2.24, 2.45) is 11.5 Å². The van der Waals surface area contributed by atoms with Gasteiger partial charge in [0.15, 0.2) is 0 Å². The van der Waals surface area contributed by atoms with Gasteiger partial charge in [-0.25, -0.2) is 0 Å². The van der Waals surface area contributed by atoms with Gasteiger partial charge in [0.2, 0.25) is 70.9 Å². The van der Waals surface area contributed by atoms with Crippen LogP contribution in [0.3, 0.4) is 0 Å². The normalized spacial score (nSPS) is 18.3. The minimum Gasteiger partial charge on any atom is -0.481 e. The number of carbonyl (C=O) groups excluding carboxylic acids is 12. The summed E-state index contributed by atoms with van der Waals surface area (Å²) in [5.41, 5.74) is 11.6. The van der Waals surface area contributed by atoms with Gasteiger partial charge in [0.25, 0.3) is 0 Å². The third-order valence-electron chi connectivity index (χ3n) is 17.0. The van der Waals surface area contributed by atoms with Crippen molar-refractivity contribution < 1.29 is 142 Å². The highest BCUT2D eigenvalue weighted by atomic mass is 16.4. The molecule has 0 bridgehead atoms. The summed E-state index contributed by atoms with van der Waals surface area (Å²) in [6, 6.07) is -22.1. The van der Waals surface area contributed by atoms with E-state index in [0.717, 1.165) is 21.6 Å². The van der Waals surface area contributed by atoms with Crippen molar-refractivity contribution in [3.63, 3.8) is 0 Å². The van der Waals surface area contributed by atoms with Gasteiger partial charge in [-0.2, -0.15) is 0 Å². The maximum Gasteiger partial charge on any atom is 0.325 e. The van der Waals surface area contributed by atoms with Crippen LogP contribution in [0.4, 0.5) is 0 Å². The summed E-state index contributed by atoms with van der Waals surface area (Å²) < 4.78 is 0. The van der Waals surface area contributed by atoms with E-state index in [4.69, 9.17) is 16.6 Å². The molecule has 0 aromatic rings. The van der Waals surface area contributed by atoms with Gasteiger partial charge in [-0.3, -0.25) is 95.9 Å². The number of nitrogens with two attached hydrogens (primary N) is 2. The van der Waals surface area contributed by atoms with Crippen molar-refractivity contribution in [2.75, 3.05) is 32.8 Å². The average molecular weight is 1490 g/mol. The maximum atomic E-state index is 14.6. The van der Waals surface area contributed by atoms with Crippen molar-refractivity contribution in [1.29, 1.82) is 0 Å². The summed E-state index contributed by atoms with van der Waals surface area (Å²) in [7, 11) is 0. The summed E-state index contributed by atoms with van der Waals surface area (Å²) >= 11 is 0. The molecule has 13 atom stereocenters. The zero-order chi connectivity index (χ0) is 78.2. The van der Waals surface area contributed by atoms with Gasteiger partial charge >= 0.3 is 47.8 Å². The molecule has 0 spiro atoms. The number of carboxylic acid groups (broad SMARTS) is 8. The molecular weight excluding hydrogens is 1390 g/mol. The van der Waals surface area contributed by atoms with Crippen LogP contribution in [0.15, 0.2) is 0 Å². The molecule has 3 aliphatic heterocycles. The first-order valence-corrected chi connectivity index (χ1v) is 33.4. The van der Waals surface area contributed by atoms with Crippen LogP contribution < -0.4 is 59.3 Å². The Labute approximate surface area is 592 Å². The van der Waals surface area contributed by atoms with Crippen LogP contribution in [0.25, 0.3) is 0 Å². The third-order valence-corrected chi connectivity index (χ3v) is 17.0. The average Bonchev–Trinajstić information content (AvgIpc) is 1.62. The predicted molar refractivity (Wildman–Crippen MR) is 346 cm³/mol. The van der Waals surface area contributed by atoms with Gasteiger partial charge in [0.05, 0.1) is 19.1 Å². The molecule has 43 heteroatoms. The van der Waals surface area contributed by atoms with Crippen LogP contribution in [-0.4, -0.2) is 291 Å². The van der Waals surface area contributed by atoms with Gasteiger partial charge in [-0.15, -0.1) is 0 Å². The van der Waals surface area contributed by atoms with Crippen LogP contribution in [-0.2, 0) is 95.9 Å². The molecule has 43 nitrogen and oxygen atoms in total. The van der Waals surface area contributed by atoms with Crippen LogP contribution in [0.1, 0.15) is 148 Å². The monoisotopic (exact) mass is 1480 g/mol. The molecule has 3 heterocycles. The molecule has 3 rings (SSSR count). The molecule has 104 heavy (non-hydrogen) atoms. The summed E-state index contributed by atoms with van der Waals surface area (Å²) in [6.45, 7) is -0.578. The number of nitrogens with zero attached hydrogens (tertiary/aromatic N) is 3. The quantitative estimate of drug-likeness (QED) is 0.0252. The van der Waals surface area contributed by atoms with Crippen LogP contribution in [0, 0.1) is 0 Å². The zero-order valence-electron chi connectivity index (χ0n) is 56.8. The molecule has 22 N–H and O–H groups in total. The van der Waals surface area contributed by atoms with E-state index in [0.29, 0.717) is 0 Å². The zero-order valence-corrected chi connectivity index (χ0v) is 56.8. The van der Waals surface area contributed by atoms with Gasteiger partial charge in [-0.1, -0.05) is 0 Å². The molecule has 3 fully saturated rings. The first kappa shape index (κ1) is 87.5. The second kappa shape index (κ2) is 43.3. The highest BCUT2D eigenvalue weighted by Gasteiger charge is 2.44. The van der Waals surface area contributed by atoms with Gasteiger partial charge in [0, 0.05) is 58.2 Å². The summed E-state index contributed by atoms with van der Waals surface area (Å²) in [5, 5.41) is 106. The number of likely N-dealkylation sites (tertiary alicyclic amines) is 3. The predicted octanol–water partition coefficient (Wildman–Crippen LogP) is -7.46. The van der Waals surface area contributed by atoms with Crippen molar-refractivity contribution in [2.45, 2.75) is 227 Å². The fourth-order valence-corrected chi connectivity index (χ4v) is 11.5. The number of unbranched alkanes of at least 4 members (excludes halogenated alkanes) is 1. The van der Waals surface area contributed by atoms with Crippen molar-refractivity contribution in [3.05, 3.63) is 0 Å². The smallest absolute Gasteiger partial charge is 0.325 e. The second-order valence-corrected chi connectivity index (χ2v) is 24.9. The molecule has 0 aromatic heterocycles. The van der Waals surface area contributed by atoms with Crippen molar-refractivity contribution in [1.82, 2.24) is 62.6 Å². The SMILES string of the molecule is C[C@H](NC(=O)[C@H](CCC(=O)O)NC(=O)[C@@H]1CCCN1C(=O)[C@H](CCC(=O)O)NC(=O)[C@H](CCCCN)NC(=O)[C@@H]1CCCN1C(=O)[C@H](CCC(=O)O)NC(=O)[C@H](CCC(=O)O)NC(=O)[C@H](CCC(=O)O)NC(=O)[C@H](CO)NC(=O)[C@H](CC(=O)O)NC(=O)[C@@H]1CCCN1C(=O)[C@@H](N)CCC(=O)O)C(=O)O. The van der Waals surface area contributed by atoms with Gasteiger partial charge in [0.1, 0.15) is 72.5 Å². The van der Waals surface area contributed by atoms with E-state index >= 15 is 0 Å². The molecule has 0 aliphatic carbocycles. The Morgan fingerprint density at radius 2 is 0.644 bits per heavy atom. The van der Waals surface area contributed by atoms with E-state index in [2.05, 4.69) is 42.5 Å². The number of hydrogen-bond acceptors (Lipinski definition) is 23. The topological polar surface area (TPSA) is 694 Å². The van der Waals surface area contributed by atoms with Crippen LogP contribution in [0.5, 0.6) is 0 Å². The summed E-state index contributed by atoms with van der Waals surface area (Å²) in [4.78, 5) is 263. The van der Waals surface area contributed by atoms with Crippen LogP contribution in [0.2, 0.25) is 0 Å². The van der Waals surface area contributed by atoms with E-state index in [1.807, 2.05) is 5.32 Å². The van der Waals surface area contributed by atoms with E-state index in [-0.39, 0.29) is 90.4 Å². The summed E-state index contributed by atoms with van der Waals surface area (Å²) in [5.74, 6) is -25.7. The minimum absolute atomic E-state index is 0.0113. The molecule has 0 saturated carbocycles. The molecule has 0 radical (unpaired) electrons. The molecule has 0 unspecified atom stereocenters. The third kappa shape index (κ3) is 29.0. The summed E-state index contributed by atoms with van der Waals surface area (Å²) in [6.07, 6.45) is -9.12. The van der Waals surface area contributed by atoms with Gasteiger partial charge in [-0.05, 0) is 110 Å². The fourth-order valence-electron chi connectivity index (χ4n) is 11.5. The molecule has 3 aliphatic rings. The Hall–Kier alpha value is -10.7. The standard InChI is InChI=1S/C61H92N14O29/c1-29(61(103)104)64-49(91)32(12-18-43(79)80)68-56(98)41-10-6-26-75(41)59(101)35(15-21-46(85)86)69-50(92)31(7-2-3-23-62)67-55(97)40-9-5-25-74(40)60(102)36(16-22-47(87)88)70-52(94)34(14-20-45(83)84)65-51(93)33(13-19-44(81)82)66-54(96)38(28-76)72-53(95)37(27-48(89)90)71-57(99)39-8-4-24-73(39)58(100)30(63)11-17-42(77)78/h29-41,76H,2-28,62-63H2,1H3,(H,64,91)(H,65,93)(H,66,96)(H,67,97)(H,68,98)(H,69,92)(H,70,94)(H,71,99)(H,72,95)(H,77,78)(H,79,80)(H,81,82)(H,83,84)(H,85,86)(H,87,88)(H,89,90)(H,103,104)/t29-,30-,31-,32-,33-,34-,35-,36-,37-,38-,39-,40-,41-/m0/s1. The number of amides is 12. The number of aliphatic carboxylic acids is 8. The lowest BCUT2D eigenvalue weighted by molar-refractivity contribution is -0.145. The first-order chi connectivity index (χ1) is 48.9. The fraction of sp³-hybridized carbons (Fsp3) is 0.672.